The molecule has 0 aliphatic rings. The molecule has 0 aliphatic carbocycles. The van der Waals surface area contributed by atoms with Crippen LogP contribution in [0.3, 0.4) is 0 Å². The molecule has 0 atom stereocenters. The van der Waals surface area contributed by atoms with Gasteiger partial charge in [0.2, 0.25) is 0 Å². The number of nitrogen functional groups attached to an aromatic ring is 1. The average molecular weight is 276 g/mol. The zero-order valence-corrected chi connectivity index (χ0v) is 12.4. The molecule has 2 aromatic rings. The highest BCUT2D eigenvalue weighted by Gasteiger charge is 2.20. The minimum absolute atomic E-state index is 0.237. The number of rotatable bonds is 3. The Bertz CT molecular complexity index is 633. The SMILES string of the molecule is Cc1nn(C(C)C)c(C)c1NC(=O)c1c(N)cnn1C. The number of aromatic nitrogens is 4. The summed E-state index contributed by atoms with van der Waals surface area (Å²) in [6.07, 6.45) is 1.46. The molecular weight excluding hydrogens is 256 g/mol. The first-order chi connectivity index (χ1) is 9.32. The van der Waals surface area contributed by atoms with Crippen LogP contribution in [0.15, 0.2) is 6.20 Å². The Hall–Kier alpha value is -2.31. The molecule has 0 spiro atoms. The number of carbonyl (C=O) groups excluding carboxylic acids is 1. The number of hydrogen-bond donors (Lipinski definition) is 2. The number of anilines is 2. The van der Waals surface area contributed by atoms with Crippen LogP contribution in [0.5, 0.6) is 0 Å². The predicted molar refractivity (Wildman–Crippen MR) is 77.7 cm³/mol. The van der Waals surface area contributed by atoms with Crippen molar-refractivity contribution in [2.24, 2.45) is 7.05 Å². The molecule has 0 saturated heterocycles. The monoisotopic (exact) mass is 276 g/mol. The van der Waals surface area contributed by atoms with Crippen LogP contribution >= 0.6 is 0 Å². The smallest absolute Gasteiger partial charge is 0.276 e. The van der Waals surface area contributed by atoms with Crippen molar-refractivity contribution in [3.63, 3.8) is 0 Å². The lowest BCUT2D eigenvalue weighted by molar-refractivity contribution is 0.101. The second kappa shape index (κ2) is 4.99. The summed E-state index contributed by atoms with van der Waals surface area (Å²) in [5.41, 5.74) is 8.90. The fraction of sp³-hybridized carbons (Fsp3) is 0.462. The Morgan fingerprint density at radius 2 is 2.05 bits per heavy atom. The summed E-state index contributed by atoms with van der Waals surface area (Å²) < 4.78 is 3.35. The minimum atomic E-state index is -0.281. The lowest BCUT2D eigenvalue weighted by Gasteiger charge is -2.09. The van der Waals surface area contributed by atoms with Gasteiger partial charge in [0.05, 0.1) is 29.0 Å². The molecule has 0 radical (unpaired) electrons. The van der Waals surface area contributed by atoms with E-state index in [1.165, 1.54) is 10.9 Å². The Morgan fingerprint density at radius 1 is 1.40 bits per heavy atom. The predicted octanol–water partition coefficient (Wildman–Crippen LogP) is 1.65. The molecule has 20 heavy (non-hydrogen) atoms. The quantitative estimate of drug-likeness (QED) is 0.891. The van der Waals surface area contributed by atoms with E-state index in [1.54, 1.807) is 7.05 Å². The van der Waals surface area contributed by atoms with E-state index in [2.05, 4.69) is 15.5 Å². The molecule has 0 saturated carbocycles. The summed E-state index contributed by atoms with van der Waals surface area (Å²) >= 11 is 0. The molecule has 0 aromatic carbocycles. The number of nitrogens with zero attached hydrogens (tertiary/aromatic N) is 4. The molecule has 7 nitrogen and oxygen atoms in total. The molecule has 0 unspecified atom stereocenters. The third-order valence-electron chi connectivity index (χ3n) is 3.23. The van der Waals surface area contributed by atoms with Gasteiger partial charge in [0, 0.05) is 13.1 Å². The third kappa shape index (κ3) is 2.26. The number of nitrogens with two attached hydrogens (primary N) is 1. The van der Waals surface area contributed by atoms with Crippen LogP contribution in [0.1, 0.15) is 41.8 Å². The molecule has 1 amide bonds. The number of aryl methyl sites for hydroxylation is 2. The highest BCUT2D eigenvalue weighted by Crippen LogP contribution is 2.23. The van der Waals surface area contributed by atoms with Crippen LogP contribution in [0.4, 0.5) is 11.4 Å². The highest BCUT2D eigenvalue weighted by molar-refractivity contribution is 6.06. The van der Waals surface area contributed by atoms with Gasteiger partial charge in [-0.2, -0.15) is 10.2 Å². The molecule has 2 rings (SSSR count). The van der Waals surface area contributed by atoms with E-state index in [9.17, 15) is 4.79 Å². The van der Waals surface area contributed by atoms with Crippen LogP contribution in [-0.2, 0) is 7.05 Å². The number of carbonyl (C=O) groups is 1. The van der Waals surface area contributed by atoms with Crippen LogP contribution in [0.25, 0.3) is 0 Å². The first-order valence-electron chi connectivity index (χ1n) is 6.47. The first-order valence-corrected chi connectivity index (χ1v) is 6.47. The van der Waals surface area contributed by atoms with Crippen molar-refractivity contribution < 1.29 is 4.79 Å². The Labute approximate surface area is 117 Å². The van der Waals surface area contributed by atoms with E-state index >= 15 is 0 Å². The average Bonchev–Trinajstić information content (AvgIpc) is 2.83. The van der Waals surface area contributed by atoms with Crippen molar-refractivity contribution in [2.75, 3.05) is 11.1 Å². The highest BCUT2D eigenvalue weighted by atomic mass is 16.2. The molecule has 108 valence electrons. The van der Waals surface area contributed by atoms with E-state index in [1.807, 2.05) is 32.4 Å². The van der Waals surface area contributed by atoms with Gasteiger partial charge >= 0.3 is 0 Å². The first kappa shape index (κ1) is 14.1. The third-order valence-corrected chi connectivity index (χ3v) is 3.23. The van der Waals surface area contributed by atoms with E-state index in [-0.39, 0.29) is 11.9 Å². The van der Waals surface area contributed by atoms with Crippen molar-refractivity contribution in [1.29, 1.82) is 0 Å². The Kier molecular flexibility index (Phi) is 3.52. The van der Waals surface area contributed by atoms with Gasteiger partial charge in [0.25, 0.3) is 5.91 Å². The van der Waals surface area contributed by atoms with Gasteiger partial charge in [-0.25, -0.2) is 0 Å². The van der Waals surface area contributed by atoms with Crippen molar-refractivity contribution in [3.05, 3.63) is 23.3 Å². The fourth-order valence-corrected chi connectivity index (χ4v) is 2.25. The van der Waals surface area contributed by atoms with Gasteiger partial charge in [0.15, 0.2) is 0 Å². The standard InChI is InChI=1S/C13H20N6O/c1-7(2)19-9(4)11(8(3)17-19)16-13(20)12-10(14)6-15-18(12)5/h6-7H,14H2,1-5H3,(H,16,20). The van der Waals surface area contributed by atoms with E-state index in [4.69, 9.17) is 5.73 Å². The summed E-state index contributed by atoms with van der Waals surface area (Å²) in [7, 11) is 1.68. The van der Waals surface area contributed by atoms with Gasteiger partial charge in [-0.15, -0.1) is 0 Å². The fourth-order valence-electron chi connectivity index (χ4n) is 2.25. The van der Waals surface area contributed by atoms with Gasteiger partial charge in [0.1, 0.15) is 5.69 Å². The molecule has 2 aromatic heterocycles. The van der Waals surface area contributed by atoms with Gasteiger partial charge in [-0.05, 0) is 27.7 Å². The maximum atomic E-state index is 12.3. The Morgan fingerprint density at radius 3 is 2.50 bits per heavy atom. The summed E-state index contributed by atoms with van der Waals surface area (Å²) in [5.74, 6) is -0.281. The molecular formula is C13H20N6O. The molecule has 3 N–H and O–H groups in total. The van der Waals surface area contributed by atoms with Crippen molar-refractivity contribution in [2.45, 2.75) is 33.7 Å². The number of hydrogen-bond acceptors (Lipinski definition) is 4. The van der Waals surface area contributed by atoms with Crippen LogP contribution in [-0.4, -0.2) is 25.5 Å². The summed E-state index contributed by atoms with van der Waals surface area (Å²) in [5, 5.41) is 11.3. The van der Waals surface area contributed by atoms with Crippen molar-refractivity contribution in [3.8, 4) is 0 Å². The molecule has 0 aliphatic heterocycles. The van der Waals surface area contributed by atoms with Crippen LogP contribution < -0.4 is 11.1 Å². The maximum absolute atomic E-state index is 12.3. The molecule has 0 fully saturated rings. The zero-order chi connectivity index (χ0) is 15.0. The molecule has 0 bridgehead atoms. The zero-order valence-electron chi connectivity index (χ0n) is 12.4. The summed E-state index contributed by atoms with van der Waals surface area (Å²) in [4.78, 5) is 12.3. The normalized spacial score (nSPS) is 11.1. The lowest BCUT2D eigenvalue weighted by Crippen LogP contribution is -2.18. The largest absolute Gasteiger partial charge is 0.396 e. The molecule has 2 heterocycles. The maximum Gasteiger partial charge on any atom is 0.276 e. The summed E-state index contributed by atoms with van der Waals surface area (Å²) in [6.45, 7) is 7.89. The van der Waals surface area contributed by atoms with Crippen LogP contribution in [0.2, 0.25) is 0 Å². The Balaban J connectivity index is 2.34. The topological polar surface area (TPSA) is 90.8 Å². The second-order valence-corrected chi connectivity index (χ2v) is 5.11. The minimum Gasteiger partial charge on any atom is -0.396 e. The number of amides is 1. The van der Waals surface area contributed by atoms with Gasteiger partial charge in [-0.3, -0.25) is 14.2 Å². The summed E-state index contributed by atoms with van der Waals surface area (Å²) in [6, 6.07) is 0.237. The lowest BCUT2D eigenvalue weighted by atomic mass is 10.2. The van der Waals surface area contributed by atoms with Crippen molar-refractivity contribution >= 4 is 17.3 Å². The van der Waals surface area contributed by atoms with E-state index in [0.717, 1.165) is 17.1 Å². The van der Waals surface area contributed by atoms with Crippen molar-refractivity contribution in [1.82, 2.24) is 19.6 Å². The van der Waals surface area contributed by atoms with E-state index in [0.29, 0.717) is 11.4 Å². The van der Waals surface area contributed by atoms with Gasteiger partial charge in [-0.1, -0.05) is 0 Å². The van der Waals surface area contributed by atoms with Crippen LogP contribution in [0, 0.1) is 13.8 Å². The van der Waals surface area contributed by atoms with Gasteiger partial charge < -0.3 is 11.1 Å². The number of nitrogens with one attached hydrogen (secondary N) is 1. The molecule has 7 heteroatoms. The second-order valence-electron chi connectivity index (χ2n) is 5.11. The van der Waals surface area contributed by atoms with E-state index < -0.39 is 0 Å².